The lowest BCUT2D eigenvalue weighted by Gasteiger charge is -2.35. The molecule has 0 saturated carbocycles. The number of likely N-dealkylation sites (tertiary alicyclic amines) is 1. The summed E-state index contributed by atoms with van der Waals surface area (Å²) in [6.45, 7) is 0.567. The Morgan fingerprint density at radius 2 is 2.00 bits per heavy atom. The molecule has 0 unspecified atom stereocenters. The molecule has 0 N–H and O–H groups in total. The van der Waals surface area contributed by atoms with E-state index in [4.69, 9.17) is 4.74 Å². The smallest absolute Gasteiger partial charge is 0.308 e. The zero-order valence-electron chi connectivity index (χ0n) is 10.0. The molecule has 2 atom stereocenters. The second-order valence-corrected chi connectivity index (χ2v) is 4.85. The van der Waals surface area contributed by atoms with Crippen LogP contribution >= 0.6 is 0 Å². The predicted octanol–water partition coefficient (Wildman–Crippen LogP) is 1.49. The van der Waals surface area contributed by atoms with Crippen molar-refractivity contribution >= 4 is 11.9 Å². The van der Waals surface area contributed by atoms with E-state index in [-0.39, 0.29) is 24.0 Å². The number of esters is 1. The summed E-state index contributed by atoms with van der Waals surface area (Å²) < 4.78 is 5.25. The minimum absolute atomic E-state index is 0.0704. The molecule has 2 saturated heterocycles. The van der Waals surface area contributed by atoms with Gasteiger partial charge in [0.15, 0.2) is 0 Å². The Morgan fingerprint density at radius 1 is 1.22 bits per heavy atom. The van der Waals surface area contributed by atoms with E-state index in [1.807, 2.05) is 30.3 Å². The molecule has 2 fully saturated rings. The number of rotatable bonds is 2. The van der Waals surface area contributed by atoms with Crippen molar-refractivity contribution in [3.8, 4) is 0 Å². The summed E-state index contributed by atoms with van der Waals surface area (Å²) >= 11 is 0. The van der Waals surface area contributed by atoms with Crippen LogP contribution in [0.25, 0.3) is 0 Å². The van der Waals surface area contributed by atoms with Gasteiger partial charge in [0.2, 0.25) is 5.91 Å². The second-order valence-electron chi connectivity index (χ2n) is 4.85. The van der Waals surface area contributed by atoms with Gasteiger partial charge in [-0.2, -0.15) is 0 Å². The summed E-state index contributed by atoms with van der Waals surface area (Å²) in [5.74, 6) is -0.0591. The molecular weight excluding hydrogens is 230 g/mol. The summed E-state index contributed by atoms with van der Waals surface area (Å²) in [6, 6.07) is 9.78. The van der Waals surface area contributed by atoms with Crippen molar-refractivity contribution in [1.82, 2.24) is 4.90 Å². The molecule has 1 amide bonds. The van der Waals surface area contributed by atoms with Crippen LogP contribution in [-0.2, 0) is 20.9 Å². The maximum absolute atomic E-state index is 12.0. The Hall–Kier alpha value is -1.84. The van der Waals surface area contributed by atoms with Crippen LogP contribution in [0.5, 0.6) is 0 Å². The molecule has 0 aliphatic carbocycles. The summed E-state index contributed by atoms with van der Waals surface area (Å²) in [7, 11) is 0. The van der Waals surface area contributed by atoms with Gasteiger partial charge in [-0.1, -0.05) is 30.3 Å². The minimum atomic E-state index is -0.183. The van der Waals surface area contributed by atoms with Gasteiger partial charge in [0, 0.05) is 13.0 Å². The topological polar surface area (TPSA) is 46.6 Å². The number of hydrogen-bond donors (Lipinski definition) is 0. The molecule has 0 aromatic heterocycles. The van der Waals surface area contributed by atoms with Gasteiger partial charge < -0.3 is 9.64 Å². The lowest BCUT2D eigenvalue weighted by Crippen LogP contribution is -2.48. The van der Waals surface area contributed by atoms with E-state index in [9.17, 15) is 9.59 Å². The largest absolute Gasteiger partial charge is 0.460 e. The summed E-state index contributed by atoms with van der Waals surface area (Å²) in [6.07, 6.45) is 1.38. The third-order valence-electron chi connectivity index (χ3n) is 3.65. The zero-order valence-corrected chi connectivity index (χ0v) is 10.0. The number of nitrogens with zero attached hydrogens (tertiary/aromatic N) is 1. The van der Waals surface area contributed by atoms with Crippen molar-refractivity contribution in [3.05, 3.63) is 35.9 Å². The molecule has 2 aliphatic rings. The van der Waals surface area contributed by atoms with Gasteiger partial charge in [-0.3, -0.25) is 9.59 Å². The third kappa shape index (κ3) is 1.98. The fraction of sp³-hybridized carbons (Fsp3) is 0.429. The maximum Gasteiger partial charge on any atom is 0.308 e. The van der Waals surface area contributed by atoms with Gasteiger partial charge >= 0.3 is 5.97 Å². The van der Waals surface area contributed by atoms with Gasteiger partial charge in [0.05, 0.1) is 12.5 Å². The number of carbonyl (C=O) groups excluding carboxylic acids is 2. The molecule has 0 radical (unpaired) electrons. The van der Waals surface area contributed by atoms with Gasteiger partial charge in [-0.05, 0) is 12.0 Å². The molecule has 3 rings (SSSR count). The molecule has 1 aromatic rings. The average molecular weight is 245 g/mol. The molecule has 0 spiro atoms. The van der Waals surface area contributed by atoms with Crippen molar-refractivity contribution < 1.29 is 14.3 Å². The predicted molar refractivity (Wildman–Crippen MR) is 64.5 cm³/mol. The Morgan fingerprint density at radius 3 is 2.78 bits per heavy atom. The van der Waals surface area contributed by atoms with Crippen LogP contribution in [0.2, 0.25) is 0 Å². The van der Waals surface area contributed by atoms with Crippen LogP contribution in [0.3, 0.4) is 0 Å². The Balaban J connectivity index is 1.80. The van der Waals surface area contributed by atoms with Crippen molar-refractivity contribution in [2.75, 3.05) is 0 Å². The lowest BCUT2D eigenvalue weighted by atomic mass is 9.97. The first-order valence-electron chi connectivity index (χ1n) is 6.27. The molecule has 94 valence electrons. The second kappa shape index (κ2) is 4.44. The highest BCUT2D eigenvalue weighted by Crippen LogP contribution is 2.30. The molecular formula is C14H15NO3. The standard InChI is InChI=1S/C14H15NO3/c16-13-7-6-12-11(8-14(17)18-12)15(13)9-10-4-2-1-3-5-10/h1-5,11-12H,6-9H2/t11-,12-/m0/s1. The molecule has 2 heterocycles. The van der Waals surface area contributed by atoms with Gasteiger partial charge in [-0.25, -0.2) is 0 Å². The third-order valence-corrected chi connectivity index (χ3v) is 3.65. The first-order valence-corrected chi connectivity index (χ1v) is 6.27. The zero-order chi connectivity index (χ0) is 12.5. The van der Waals surface area contributed by atoms with Gasteiger partial charge in [-0.15, -0.1) is 0 Å². The van der Waals surface area contributed by atoms with Crippen LogP contribution in [0.15, 0.2) is 30.3 Å². The number of benzene rings is 1. The van der Waals surface area contributed by atoms with E-state index in [0.29, 0.717) is 25.8 Å². The molecule has 1 aromatic carbocycles. The number of hydrogen-bond acceptors (Lipinski definition) is 3. The fourth-order valence-corrected chi connectivity index (χ4v) is 2.74. The van der Waals surface area contributed by atoms with E-state index < -0.39 is 0 Å². The van der Waals surface area contributed by atoms with Crippen LogP contribution in [0.1, 0.15) is 24.8 Å². The van der Waals surface area contributed by atoms with Crippen molar-refractivity contribution in [2.24, 2.45) is 0 Å². The highest BCUT2D eigenvalue weighted by molar-refractivity contribution is 5.81. The van der Waals surface area contributed by atoms with Gasteiger partial charge in [0.1, 0.15) is 6.10 Å². The van der Waals surface area contributed by atoms with Crippen LogP contribution < -0.4 is 0 Å². The number of carbonyl (C=O) groups is 2. The monoisotopic (exact) mass is 245 g/mol. The molecule has 0 bridgehead atoms. The lowest BCUT2D eigenvalue weighted by molar-refractivity contribution is -0.147. The first-order chi connectivity index (χ1) is 8.74. The summed E-state index contributed by atoms with van der Waals surface area (Å²) in [5, 5.41) is 0. The quantitative estimate of drug-likeness (QED) is 0.742. The highest BCUT2D eigenvalue weighted by atomic mass is 16.6. The van der Waals surface area contributed by atoms with Crippen molar-refractivity contribution in [2.45, 2.75) is 38.0 Å². The number of amides is 1. The van der Waals surface area contributed by atoms with E-state index in [1.54, 1.807) is 4.90 Å². The van der Waals surface area contributed by atoms with Crippen LogP contribution in [0.4, 0.5) is 0 Å². The molecule has 4 nitrogen and oxygen atoms in total. The Labute approximate surface area is 106 Å². The highest BCUT2D eigenvalue weighted by Gasteiger charge is 2.43. The van der Waals surface area contributed by atoms with Crippen molar-refractivity contribution in [1.29, 1.82) is 0 Å². The SMILES string of the molecule is O=C1C[C@H]2[C@H](CCC(=O)N2Cc2ccccc2)O1. The van der Waals surface area contributed by atoms with E-state index in [2.05, 4.69) is 0 Å². The molecule has 4 heteroatoms. The minimum Gasteiger partial charge on any atom is -0.460 e. The Kier molecular flexibility index (Phi) is 2.78. The van der Waals surface area contributed by atoms with E-state index >= 15 is 0 Å². The average Bonchev–Trinajstić information content (AvgIpc) is 2.75. The van der Waals surface area contributed by atoms with E-state index in [0.717, 1.165) is 5.56 Å². The number of ether oxygens (including phenoxy) is 1. The summed E-state index contributed by atoms with van der Waals surface area (Å²) in [4.78, 5) is 25.2. The van der Waals surface area contributed by atoms with Gasteiger partial charge in [0.25, 0.3) is 0 Å². The number of piperidine rings is 1. The molecule has 2 aliphatic heterocycles. The maximum atomic E-state index is 12.0. The van der Waals surface area contributed by atoms with Crippen LogP contribution in [0, 0.1) is 0 Å². The fourth-order valence-electron chi connectivity index (χ4n) is 2.74. The normalized spacial score (nSPS) is 27.0. The first kappa shape index (κ1) is 11.3. The van der Waals surface area contributed by atoms with Crippen LogP contribution in [-0.4, -0.2) is 28.9 Å². The number of fused-ring (bicyclic) bond motifs is 1. The Bertz CT molecular complexity index is 471. The van der Waals surface area contributed by atoms with Crippen molar-refractivity contribution in [3.63, 3.8) is 0 Å². The molecule has 18 heavy (non-hydrogen) atoms. The van der Waals surface area contributed by atoms with E-state index in [1.165, 1.54) is 0 Å². The summed E-state index contributed by atoms with van der Waals surface area (Å²) in [5.41, 5.74) is 1.09.